The van der Waals surface area contributed by atoms with Gasteiger partial charge in [0.2, 0.25) is 0 Å². The molecule has 3 N–H and O–H groups in total. The highest BCUT2D eigenvalue weighted by Crippen LogP contribution is 2.32. The molecule has 2 heterocycles. The Bertz CT molecular complexity index is 1540. The number of nitrogens with zero attached hydrogens (tertiary/aromatic N) is 2. The van der Waals surface area contributed by atoms with Gasteiger partial charge in [-0.3, -0.25) is 9.48 Å². The number of carbonyl (C=O) groups is 2. The van der Waals surface area contributed by atoms with E-state index in [1.54, 1.807) is 41.2 Å². The third kappa shape index (κ3) is 4.80. The summed E-state index contributed by atoms with van der Waals surface area (Å²) >= 11 is 0. The second kappa shape index (κ2) is 9.16. The monoisotopic (exact) mass is 501 g/mol. The lowest BCUT2D eigenvalue weighted by Gasteiger charge is -2.18. The van der Waals surface area contributed by atoms with Gasteiger partial charge in [0, 0.05) is 23.9 Å². The molecule has 3 aromatic carbocycles. The van der Waals surface area contributed by atoms with Gasteiger partial charge in [-0.1, -0.05) is 30.3 Å². The van der Waals surface area contributed by atoms with Crippen molar-refractivity contribution in [3.63, 3.8) is 0 Å². The highest BCUT2D eigenvalue weighted by molar-refractivity contribution is 6.02. The van der Waals surface area contributed by atoms with Gasteiger partial charge >= 0.3 is 6.03 Å². The average Bonchev–Trinajstić information content (AvgIpc) is 3.44. The Morgan fingerprint density at radius 2 is 1.68 bits per heavy atom. The van der Waals surface area contributed by atoms with E-state index in [-0.39, 0.29) is 11.6 Å². The molecule has 37 heavy (non-hydrogen) atoms. The summed E-state index contributed by atoms with van der Waals surface area (Å²) in [6.45, 7) is 6.23. The number of anilines is 2. The van der Waals surface area contributed by atoms with Gasteiger partial charge in [0.1, 0.15) is 17.3 Å². The van der Waals surface area contributed by atoms with Gasteiger partial charge in [0.25, 0.3) is 5.91 Å². The summed E-state index contributed by atoms with van der Waals surface area (Å²) in [5, 5.41) is 12.6. The first kappa shape index (κ1) is 24.2. The fraction of sp³-hybridized carbons (Fsp3) is 0.179. The molecule has 0 saturated heterocycles. The summed E-state index contributed by atoms with van der Waals surface area (Å²) in [5.74, 6) is -1.21. The van der Waals surface area contributed by atoms with Gasteiger partial charge in [-0.25, -0.2) is 13.6 Å². The Morgan fingerprint density at radius 1 is 0.946 bits per heavy atom. The van der Waals surface area contributed by atoms with Crippen molar-refractivity contribution in [2.75, 3.05) is 10.6 Å². The minimum absolute atomic E-state index is 0.0152. The van der Waals surface area contributed by atoms with Crippen molar-refractivity contribution < 1.29 is 18.4 Å². The standard InChI is InChI=1S/C28H25F2N5O2/c1-28(2,3)35-15-24(25(34-35)17-6-4-7-18(29)12-17)33-27(37)32-23-11-10-16(13-22(23)30)19-8-5-9-20-21(19)14-31-26(20)36/h4-13,15H,14H2,1-3H3,(H,31,36)(H2,32,33,37). The van der Waals surface area contributed by atoms with E-state index in [9.17, 15) is 14.0 Å². The van der Waals surface area contributed by atoms with Crippen molar-refractivity contribution in [3.8, 4) is 22.4 Å². The minimum Gasteiger partial charge on any atom is -0.348 e. The summed E-state index contributed by atoms with van der Waals surface area (Å²) in [7, 11) is 0. The molecule has 1 aromatic heterocycles. The number of benzene rings is 3. The molecule has 0 bridgehead atoms. The van der Waals surface area contributed by atoms with Gasteiger partial charge in [0.05, 0.1) is 16.9 Å². The van der Waals surface area contributed by atoms with E-state index in [4.69, 9.17) is 0 Å². The molecule has 0 spiro atoms. The summed E-state index contributed by atoms with van der Waals surface area (Å²) in [6.07, 6.45) is 1.66. The van der Waals surface area contributed by atoms with E-state index in [1.807, 2.05) is 26.8 Å². The first-order valence-corrected chi connectivity index (χ1v) is 11.7. The number of hydrogen-bond donors (Lipinski definition) is 3. The number of hydrogen-bond acceptors (Lipinski definition) is 3. The largest absolute Gasteiger partial charge is 0.348 e. The number of amides is 3. The van der Waals surface area contributed by atoms with Crippen molar-refractivity contribution in [3.05, 3.63) is 89.6 Å². The number of halogens is 2. The zero-order valence-electron chi connectivity index (χ0n) is 20.5. The molecule has 3 amide bonds. The maximum atomic E-state index is 15.0. The van der Waals surface area contributed by atoms with Crippen LogP contribution in [-0.2, 0) is 12.1 Å². The van der Waals surface area contributed by atoms with Gasteiger partial charge < -0.3 is 16.0 Å². The van der Waals surface area contributed by atoms with Gasteiger partial charge in [0.15, 0.2) is 0 Å². The fourth-order valence-electron chi connectivity index (χ4n) is 4.24. The van der Waals surface area contributed by atoms with Crippen LogP contribution in [0.4, 0.5) is 25.0 Å². The Hall–Kier alpha value is -4.53. The Labute approximate surface area is 212 Å². The Balaban J connectivity index is 1.39. The predicted molar refractivity (Wildman–Crippen MR) is 138 cm³/mol. The number of rotatable bonds is 4. The van der Waals surface area contributed by atoms with Gasteiger partial charge in [-0.2, -0.15) is 5.10 Å². The van der Waals surface area contributed by atoms with E-state index < -0.39 is 23.2 Å². The van der Waals surface area contributed by atoms with Crippen LogP contribution in [0.15, 0.2) is 66.9 Å². The molecule has 0 aliphatic carbocycles. The van der Waals surface area contributed by atoms with E-state index in [0.717, 1.165) is 11.1 Å². The zero-order valence-corrected chi connectivity index (χ0v) is 20.5. The molecule has 188 valence electrons. The molecule has 0 radical (unpaired) electrons. The van der Waals surface area contributed by atoms with Crippen LogP contribution >= 0.6 is 0 Å². The lowest BCUT2D eigenvalue weighted by Crippen LogP contribution is -2.22. The van der Waals surface area contributed by atoms with Crippen molar-refractivity contribution in [1.82, 2.24) is 15.1 Å². The number of urea groups is 1. The molecule has 0 saturated carbocycles. The average molecular weight is 502 g/mol. The highest BCUT2D eigenvalue weighted by Gasteiger charge is 2.23. The van der Waals surface area contributed by atoms with E-state index in [2.05, 4.69) is 21.0 Å². The van der Waals surface area contributed by atoms with Crippen LogP contribution in [0.3, 0.4) is 0 Å². The van der Waals surface area contributed by atoms with Crippen molar-refractivity contribution in [2.45, 2.75) is 32.9 Å². The van der Waals surface area contributed by atoms with E-state index in [1.165, 1.54) is 24.3 Å². The summed E-state index contributed by atoms with van der Waals surface area (Å²) in [4.78, 5) is 24.8. The normalized spacial score (nSPS) is 12.7. The van der Waals surface area contributed by atoms with Gasteiger partial charge in [-0.15, -0.1) is 0 Å². The Morgan fingerprint density at radius 3 is 2.41 bits per heavy atom. The lowest BCUT2D eigenvalue weighted by atomic mass is 9.96. The van der Waals surface area contributed by atoms with Crippen molar-refractivity contribution >= 4 is 23.3 Å². The van der Waals surface area contributed by atoms with Crippen molar-refractivity contribution in [1.29, 1.82) is 0 Å². The highest BCUT2D eigenvalue weighted by atomic mass is 19.1. The van der Waals surface area contributed by atoms with Crippen LogP contribution in [0, 0.1) is 11.6 Å². The molecule has 1 aliphatic rings. The molecule has 0 fully saturated rings. The molecule has 0 unspecified atom stereocenters. The number of fused-ring (bicyclic) bond motifs is 1. The maximum absolute atomic E-state index is 15.0. The molecule has 5 rings (SSSR count). The molecular weight excluding hydrogens is 476 g/mol. The Kier molecular flexibility index (Phi) is 5.99. The summed E-state index contributed by atoms with van der Waals surface area (Å²) < 4.78 is 30.6. The van der Waals surface area contributed by atoms with Crippen molar-refractivity contribution in [2.24, 2.45) is 0 Å². The van der Waals surface area contributed by atoms with E-state index >= 15 is 4.39 Å². The maximum Gasteiger partial charge on any atom is 0.323 e. The van der Waals surface area contributed by atoms with Crippen LogP contribution in [0.2, 0.25) is 0 Å². The summed E-state index contributed by atoms with van der Waals surface area (Å²) in [5.41, 5.74) is 3.56. The van der Waals surface area contributed by atoms with E-state index in [0.29, 0.717) is 34.6 Å². The summed E-state index contributed by atoms with van der Waals surface area (Å²) in [6, 6.07) is 15.1. The first-order chi connectivity index (χ1) is 17.6. The number of carbonyl (C=O) groups excluding carboxylic acids is 2. The topological polar surface area (TPSA) is 88.0 Å². The van der Waals surface area contributed by atoms with Gasteiger partial charge in [-0.05, 0) is 67.8 Å². The predicted octanol–water partition coefficient (Wildman–Crippen LogP) is 6.14. The van der Waals surface area contributed by atoms with Crippen LogP contribution in [0.25, 0.3) is 22.4 Å². The number of aromatic nitrogens is 2. The molecule has 9 heteroatoms. The quantitative estimate of drug-likeness (QED) is 0.314. The second-order valence-corrected chi connectivity index (χ2v) is 9.81. The van der Waals surface area contributed by atoms with Crippen LogP contribution in [0.1, 0.15) is 36.7 Å². The third-order valence-electron chi connectivity index (χ3n) is 6.12. The van der Waals surface area contributed by atoms with Crippen LogP contribution in [-0.4, -0.2) is 21.7 Å². The molecule has 7 nitrogen and oxygen atoms in total. The SMILES string of the molecule is CC(C)(C)n1cc(NC(=O)Nc2ccc(-c3cccc4c3CNC4=O)cc2F)c(-c2cccc(F)c2)n1. The molecular formula is C28H25F2N5O2. The third-order valence-corrected chi connectivity index (χ3v) is 6.12. The smallest absolute Gasteiger partial charge is 0.323 e. The molecule has 0 atom stereocenters. The zero-order chi connectivity index (χ0) is 26.3. The number of nitrogens with one attached hydrogen (secondary N) is 3. The van der Waals surface area contributed by atoms with Crippen LogP contribution < -0.4 is 16.0 Å². The van der Waals surface area contributed by atoms with Crippen LogP contribution in [0.5, 0.6) is 0 Å². The fourth-order valence-corrected chi connectivity index (χ4v) is 4.24. The first-order valence-electron chi connectivity index (χ1n) is 11.7. The molecule has 4 aromatic rings. The minimum atomic E-state index is -0.673. The lowest BCUT2D eigenvalue weighted by molar-refractivity contribution is 0.0965. The second-order valence-electron chi connectivity index (χ2n) is 9.81. The molecule has 1 aliphatic heterocycles.